The summed E-state index contributed by atoms with van der Waals surface area (Å²) >= 11 is 0. The predicted octanol–water partition coefficient (Wildman–Crippen LogP) is 1.86. The van der Waals surface area contributed by atoms with Crippen LogP contribution in [0.25, 0.3) is 0 Å². The highest BCUT2D eigenvalue weighted by atomic mass is 16.5. The van der Waals surface area contributed by atoms with E-state index in [1.165, 1.54) is 12.8 Å². The van der Waals surface area contributed by atoms with E-state index in [2.05, 4.69) is 5.32 Å². The minimum atomic E-state index is 0.515. The van der Waals surface area contributed by atoms with Crippen LogP contribution in [0.1, 0.15) is 12.8 Å². The van der Waals surface area contributed by atoms with Gasteiger partial charge in [0.2, 0.25) is 0 Å². The number of para-hydroxylation sites is 2. The van der Waals surface area contributed by atoms with Gasteiger partial charge in [0.1, 0.15) is 0 Å². The SMILES string of the molecule is Nc1ccccc1NC1CC2(COC2)C1. The minimum Gasteiger partial charge on any atom is -0.397 e. The van der Waals surface area contributed by atoms with E-state index in [0.29, 0.717) is 11.5 Å². The lowest BCUT2D eigenvalue weighted by Gasteiger charge is -2.53. The van der Waals surface area contributed by atoms with Crippen molar-refractivity contribution in [1.29, 1.82) is 0 Å². The standard InChI is InChI=1S/C12H16N2O/c13-10-3-1-2-4-11(10)14-9-5-12(6-9)7-15-8-12/h1-4,9,14H,5-8,13H2. The third kappa shape index (κ3) is 1.47. The van der Waals surface area contributed by atoms with Crippen LogP contribution >= 0.6 is 0 Å². The zero-order valence-electron chi connectivity index (χ0n) is 8.70. The van der Waals surface area contributed by atoms with E-state index in [4.69, 9.17) is 10.5 Å². The van der Waals surface area contributed by atoms with Crippen LogP contribution in [0.2, 0.25) is 0 Å². The van der Waals surface area contributed by atoms with E-state index in [1.807, 2.05) is 24.3 Å². The second-order valence-electron chi connectivity index (χ2n) is 4.83. The van der Waals surface area contributed by atoms with Crippen molar-refractivity contribution in [2.75, 3.05) is 24.3 Å². The molecule has 1 aromatic rings. The predicted molar refractivity (Wildman–Crippen MR) is 60.8 cm³/mol. The van der Waals surface area contributed by atoms with Gasteiger partial charge < -0.3 is 15.8 Å². The second-order valence-corrected chi connectivity index (χ2v) is 4.83. The van der Waals surface area contributed by atoms with Crippen molar-refractivity contribution in [2.24, 2.45) is 5.41 Å². The maximum absolute atomic E-state index is 5.87. The average Bonchev–Trinajstić information content (AvgIpc) is 2.10. The molecule has 1 aliphatic carbocycles. The number of nitrogen functional groups attached to an aromatic ring is 1. The van der Waals surface area contributed by atoms with E-state index in [0.717, 1.165) is 24.6 Å². The molecular weight excluding hydrogens is 188 g/mol. The van der Waals surface area contributed by atoms with E-state index in [-0.39, 0.29) is 0 Å². The van der Waals surface area contributed by atoms with Gasteiger partial charge in [-0.25, -0.2) is 0 Å². The molecule has 80 valence electrons. The molecule has 3 rings (SSSR count). The Morgan fingerprint density at radius 3 is 2.60 bits per heavy atom. The Morgan fingerprint density at radius 2 is 2.00 bits per heavy atom. The van der Waals surface area contributed by atoms with Crippen LogP contribution in [0.5, 0.6) is 0 Å². The van der Waals surface area contributed by atoms with Gasteiger partial charge in [0.05, 0.1) is 24.6 Å². The lowest BCUT2D eigenvalue weighted by Crippen LogP contribution is -2.56. The van der Waals surface area contributed by atoms with Gasteiger partial charge >= 0.3 is 0 Å². The number of anilines is 2. The van der Waals surface area contributed by atoms with Gasteiger partial charge in [-0.15, -0.1) is 0 Å². The summed E-state index contributed by atoms with van der Waals surface area (Å²) in [6.45, 7) is 1.91. The molecule has 0 aromatic heterocycles. The smallest absolute Gasteiger partial charge is 0.0576 e. The van der Waals surface area contributed by atoms with Gasteiger partial charge in [0.25, 0.3) is 0 Å². The zero-order valence-corrected chi connectivity index (χ0v) is 8.70. The topological polar surface area (TPSA) is 47.3 Å². The van der Waals surface area contributed by atoms with Crippen molar-refractivity contribution in [3.8, 4) is 0 Å². The van der Waals surface area contributed by atoms with E-state index >= 15 is 0 Å². The highest BCUT2D eigenvalue weighted by molar-refractivity contribution is 5.66. The fourth-order valence-corrected chi connectivity index (χ4v) is 2.56. The molecule has 3 nitrogen and oxygen atoms in total. The lowest BCUT2D eigenvalue weighted by molar-refractivity contribution is -0.159. The molecular formula is C12H16N2O. The number of rotatable bonds is 2. The fourth-order valence-electron chi connectivity index (χ4n) is 2.56. The van der Waals surface area contributed by atoms with Gasteiger partial charge in [-0.1, -0.05) is 12.1 Å². The lowest BCUT2D eigenvalue weighted by atomic mass is 9.64. The quantitative estimate of drug-likeness (QED) is 0.723. The molecule has 2 fully saturated rings. The maximum Gasteiger partial charge on any atom is 0.0576 e. The van der Waals surface area contributed by atoms with Crippen LogP contribution in [-0.2, 0) is 4.74 Å². The van der Waals surface area contributed by atoms with Crippen LogP contribution < -0.4 is 11.1 Å². The number of nitrogens with two attached hydrogens (primary N) is 1. The van der Waals surface area contributed by atoms with Gasteiger partial charge in [-0.2, -0.15) is 0 Å². The zero-order chi connectivity index (χ0) is 10.3. The first kappa shape index (κ1) is 9.04. The third-order valence-corrected chi connectivity index (χ3v) is 3.50. The highest BCUT2D eigenvalue weighted by Gasteiger charge is 2.49. The van der Waals surface area contributed by atoms with Crippen molar-refractivity contribution in [1.82, 2.24) is 0 Å². The van der Waals surface area contributed by atoms with Crippen molar-refractivity contribution >= 4 is 11.4 Å². The van der Waals surface area contributed by atoms with E-state index < -0.39 is 0 Å². The molecule has 3 heteroatoms. The summed E-state index contributed by atoms with van der Waals surface area (Å²) in [5, 5.41) is 3.49. The van der Waals surface area contributed by atoms with Gasteiger partial charge in [0, 0.05) is 11.5 Å². The first-order valence-corrected chi connectivity index (χ1v) is 5.46. The van der Waals surface area contributed by atoms with Crippen molar-refractivity contribution in [2.45, 2.75) is 18.9 Å². The number of benzene rings is 1. The summed E-state index contributed by atoms with van der Waals surface area (Å²) in [6.07, 6.45) is 2.45. The molecule has 0 amide bonds. The number of hydrogen-bond acceptors (Lipinski definition) is 3. The number of hydrogen-bond donors (Lipinski definition) is 2. The second kappa shape index (κ2) is 3.14. The summed E-state index contributed by atoms with van der Waals surface area (Å²) < 4.78 is 5.25. The molecule has 0 unspecified atom stereocenters. The molecule has 1 aliphatic heterocycles. The summed E-state index contributed by atoms with van der Waals surface area (Å²) in [7, 11) is 0. The Hall–Kier alpha value is -1.22. The first-order valence-electron chi connectivity index (χ1n) is 5.46. The fraction of sp³-hybridized carbons (Fsp3) is 0.500. The highest BCUT2D eigenvalue weighted by Crippen LogP contribution is 2.48. The van der Waals surface area contributed by atoms with Crippen LogP contribution in [0.4, 0.5) is 11.4 Å². The first-order chi connectivity index (χ1) is 7.27. The molecule has 2 aliphatic rings. The Morgan fingerprint density at radius 1 is 1.27 bits per heavy atom. The summed E-state index contributed by atoms with van der Waals surface area (Å²) in [5.74, 6) is 0. The van der Waals surface area contributed by atoms with Gasteiger partial charge in [0.15, 0.2) is 0 Å². The molecule has 1 saturated heterocycles. The van der Waals surface area contributed by atoms with Crippen LogP contribution in [0, 0.1) is 5.41 Å². The largest absolute Gasteiger partial charge is 0.397 e. The Bertz CT molecular complexity index is 366. The van der Waals surface area contributed by atoms with Crippen molar-refractivity contribution in [3.63, 3.8) is 0 Å². The molecule has 0 atom stereocenters. The minimum absolute atomic E-state index is 0.515. The third-order valence-electron chi connectivity index (χ3n) is 3.50. The van der Waals surface area contributed by atoms with Crippen molar-refractivity contribution in [3.05, 3.63) is 24.3 Å². The maximum atomic E-state index is 5.87. The molecule has 3 N–H and O–H groups in total. The molecule has 1 heterocycles. The summed E-state index contributed by atoms with van der Waals surface area (Å²) in [6, 6.07) is 8.53. The Labute approximate surface area is 89.6 Å². The normalized spacial score (nSPS) is 23.2. The molecule has 15 heavy (non-hydrogen) atoms. The molecule has 0 bridgehead atoms. The monoisotopic (exact) mass is 204 g/mol. The summed E-state index contributed by atoms with van der Waals surface area (Å²) in [4.78, 5) is 0. The summed E-state index contributed by atoms with van der Waals surface area (Å²) in [5.41, 5.74) is 8.29. The average molecular weight is 204 g/mol. The van der Waals surface area contributed by atoms with E-state index in [1.54, 1.807) is 0 Å². The molecule has 1 aromatic carbocycles. The van der Waals surface area contributed by atoms with Crippen LogP contribution in [0.15, 0.2) is 24.3 Å². The van der Waals surface area contributed by atoms with Crippen LogP contribution in [-0.4, -0.2) is 19.3 Å². The van der Waals surface area contributed by atoms with Gasteiger partial charge in [-0.3, -0.25) is 0 Å². The molecule has 1 saturated carbocycles. The Balaban J connectivity index is 1.61. The molecule has 1 spiro atoms. The van der Waals surface area contributed by atoms with Gasteiger partial charge in [-0.05, 0) is 25.0 Å². The van der Waals surface area contributed by atoms with E-state index in [9.17, 15) is 0 Å². The number of ether oxygens (including phenoxy) is 1. The molecule has 0 radical (unpaired) electrons. The Kier molecular flexibility index (Phi) is 1.89. The van der Waals surface area contributed by atoms with Crippen molar-refractivity contribution < 1.29 is 4.74 Å². The number of nitrogens with one attached hydrogen (secondary N) is 1. The van der Waals surface area contributed by atoms with Crippen LogP contribution in [0.3, 0.4) is 0 Å².